The number of para-hydroxylation sites is 3. The van der Waals surface area contributed by atoms with Gasteiger partial charge in [-0.15, -0.1) is 0 Å². The van der Waals surface area contributed by atoms with Crippen LogP contribution in [0.4, 0.5) is 0 Å². The first-order valence-corrected chi connectivity index (χ1v) is 24.1. The van der Waals surface area contributed by atoms with Crippen molar-refractivity contribution in [1.82, 2.24) is 4.57 Å². The summed E-state index contributed by atoms with van der Waals surface area (Å²) in [7, 11) is -5.77. The minimum atomic E-state index is -2.98. The van der Waals surface area contributed by atoms with Gasteiger partial charge in [0.25, 0.3) is 0 Å². The number of ether oxygens (including phenoxy) is 1. The number of aromatic nitrogens is 1. The molecule has 0 saturated heterocycles. The van der Waals surface area contributed by atoms with Crippen molar-refractivity contribution in [2.45, 2.75) is 0 Å². The molecular formula is C54H37NOSi2. The zero-order valence-corrected chi connectivity index (χ0v) is 33.7. The van der Waals surface area contributed by atoms with Crippen LogP contribution in [0.15, 0.2) is 224 Å². The third-order valence-corrected chi connectivity index (χ3v) is 23.1. The van der Waals surface area contributed by atoms with E-state index >= 15 is 0 Å². The topological polar surface area (TPSA) is 14.2 Å². The normalized spacial score (nSPS) is 14.3. The number of benzene rings is 9. The van der Waals surface area contributed by atoms with Gasteiger partial charge in [0, 0.05) is 16.5 Å². The Morgan fingerprint density at radius 3 is 1.31 bits per heavy atom. The van der Waals surface area contributed by atoms with Crippen molar-refractivity contribution < 1.29 is 4.74 Å². The summed E-state index contributed by atoms with van der Waals surface area (Å²) in [6.45, 7) is 0. The maximum absolute atomic E-state index is 6.94. The molecule has 2 aliphatic heterocycles. The number of rotatable bonds is 4. The van der Waals surface area contributed by atoms with Gasteiger partial charge >= 0.3 is 0 Å². The zero-order chi connectivity index (χ0) is 38.3. The number of fused-ring (bicyclic) bond motifs is 11. The van der Waals surface area contributed by atoms with Gasteiger partial charge in [-0.25, -0.2) is 0 Å². The molecule has 0 unspecified atom stereocenters. The first-order valence-electron chi connectivity index (χ1n) is 20.1. The molecule has 0 N–H and O–H groups in total. The van der Waals surface area contributed by atoms with Gasteiger partial charge in [-0.05, 0) is 89.0 Å². The predicted molar refractivity (Wildman–Crippen MR) is 247 cm³/mol. The SMILES string of the molecule is c1ccc([Si]2(c3ccccc3)c3ccccc3[Si]3(c4ccccc4Oc4ccc(-c5ccc(-n6c7ccccc7c7ccccc76)cc5)cc43)c3ccccc32)cc1. The molecule has 0 saturated carbocycles. The van der Waals surface area contributed by atoms with Gasteiger partial charge in [0.05, 0.1) is 11.0 Å². The molecule has 0 amide bonds. The Morgan fingerprint density at radius 1 is 0.310 bits per heavy atom. The summed E-state index contributed by atoms with van der Waals surface area (Å²) in [5.74, 6) is 1.91. The molecule has 0 atom stereocenters. The van der Waals surface area contributed by atoms with E-state index in [1.54, 1.807) is 0 Å². The van der Waals surface area contributed by atoms with Crippen LogP contribution < -0.4 is 46.2 Å². The van der Waals surface area contributed by atoms with Crippen LogP contribution in [0.25, 0.3) is 38.6 Å². The van der Waals surface area contributed by atoms with Crippen LogP contribution in [0.2, 0.25) is 0 Å². The van der Waals surface area contributed by atoms with Gasteiger partial charge in [-0.2, -0.15) is 0 Å². The fraction of sp³-hybridized carbons (Fsp3) is 0. The Kier molecular flexibility index (Phi) is 7.30. The lowest BCUT2D eigenvalue weighted by atomic mass is 10.0. The Bertz CT molecular complexity index is 3060. The molecule has 272 valence electrons. The molecule has 2 nitrogen and oxygen atoms in total. The first kappa shape index (κ1) is 33.2. The Morgan fingerprint density at radius 2 is 0.741 bits per heavy atom. The van der Waals surface area contributed by atoms with Gasteiger partial charge in [0.1, 0.15) is 11.5 Å². The highest BCUT2D eigenvalue weighted by Gasteiger charge is 2.58. The highest BCUT2D eigenvalue weighted by Crippen LogP contribution is 2.35. The smallest absolute Gasteiger partial charge is 0.188 e. The third kappa shape index (κ3) is 4.47. The van der Waals surface area contributed by atoms with E-state index < -0.39 is 16.1 Å². The van der Waals surface area contributed by atoms with Crippen molar-refractivity contribution >= 4 is 79.4 Å². The van der Waals surface area contributed by atoms with Crippen LogP contribution in [0, 0.1) is 0 Å². The summed E-state index contributed by atoms with van der Waals surface area (Å²) >= 11 is 0. The van der Waals surface area contributed by atoms with Gasteiger partial charge in [0.2, 0.25) is 0 Å². The number of nitrogens with zero attached hydrogens (tertiary/aromatic N) is 1. The van der Waals surface area contributed by atoms with Crippen LogP contribution in [0.1, 0.15) is 0 Å². The fourth-order valence-electron chi connectivity index (χ4n) is 10.5. The summed E-state index contributed by atoms with van der Waals surface area (Å²) in [5.41, 5.74) is 5.96. The van der Waals surface area contributed by atoms with Crippen molar-refractivity contribution in [3.8, 4) is 28.3 Å². The summed E-state index contributed by atoms with van der Waals surface area (Å²) in [5, 5.41) is 13.8. The van der Waals surface area contributed by atoms with E-state index in [9.17, 15) is 0 Å². The lowest BCUT2D eigenvalue weighted by molar-refractivity contribution is 0.487. The van der Waals surface area contributed by atoms with Crippen LogP contribution in [-0.2, 0) is 0 Å². The van der Waals surface area contributed by atoms with E-state index in [-0.39, 0.29) is 0 Å². The van der Waals surface area contributed by atoms with Gasteiger partial charge < -0.3 is 9.30 Å². The van der Waals surface area contributed by atoms with E-state index in [2.05, 4.69) is 229 Å². The van der Waals surface area contributed by atoms with Gasteiger partial charge in [-0.1, -0.05) is 188 Å². The van der Waals surface area contributed by atoms with E-state index in [0.717, 1.165) is 17.2 Å². The Hall–Kier alpha value is -6.99. The molecule has 10 aromatic rings. The molecular weight excluding hydrogens is 735 g/mol. The van der Waals surface area contributed by atoms with Gasteiger partial charge in [-0.3, -0.25) is 0 Å². The summed E-state index contributed by atoms with van der Waals surface area (Å²) in [6, 6.07) is 83.9. The highest BCUT2D eigenvalue weighted by atomic mass is 28.3. The molecule has 0 radical (unpaired) electrons. The minimum absolute atomic E-state index is 0.953. The molecule has 0 fully saturated rings. The van der Waals surface area contributed by atoms with E-state index in [1.165, 1.54) is 74.4 Å². The van der Waals surface area contributed by atoms with Crippen LogP contribution in [-0.4, -0.2) is 20.7 Å². The highest BCUT2D eigenvalue weighted by molar-refractivity contribution is 7.33. The molecule has 2 aliphatic rings. The van der Waals surface area contributed by atoms with Crippen LogP contribution in [0.3, 0.4) is 0 Å². The Labute approximate surface area is 339 Å². The molecule has 0 aliphatic carbocycles. The molecule has 1 spiro atoms. The number of hydrogen-bond donors (Lipinski definition) is 0. The molecule has 58 heavy (non-hydrogen) atoms. The van der Waals surface area contributed by atoms with Crippen molar-refractivity contribution in [1.29, 1.82) is 0 Å². The molecule has 1 aromatic heterocycles. The molecule has 12 rings (SSSR count). The second kappa shape index (κ2) is 12.8. The molecule has 9 aromatic carbocycles. The van der Waals surface area contributed by atoms with Gasteiger partial charge in [0.15, 0.2) is 16.1 Å². The van der Waals surface area contributed by atoms with Crippen molar-refractivity contribution in [3.63, 3.8) is 0 Å². The third-order valence-electron chi connectivity index (χ3n) is 12.8. The fourth-order valence-corrected chi connectivity index (χ4v) is 22.8. The summed E-state index contributed by atoms with van der Waals surface area (Å²) in [6.07, 6.45) is 0. The summed E-state index contributed by atoms with van der Waals surface area (Å²) < 4.78 is 9.33. The average Bonchev–Trinajstić information content (AvgIpc) is 3.64. The molecule has 0 bridgehead atoms. The first-order chi connectivity index (χ1) is 28.8. The largest absolute Gasteiger partial charge is 0.458 e. The minimum Gasteiger partial charge on any atom is -0.458 e. The van der Waals surface area contributed by atoms with Crippen LogP contribution in [0.5, 0.6) is 11.5 Å². The monoisotopic (exact) mass is 771 g/mol. The number of hydrogen-bond acceptors (Lipinski definition) is 1. The molecule has 3 heterocycles. The second-order valence-corrected chi connectivity index (χ2v) is 22.9. The van der Waals surface area contributed by atoms with E-state index in [4.69, 9.17) is 4.74 Å². The maximum atomic E-state index is 6.94. The lowest BCUT2D eigenvalue weighted by Gasteiger charge is -2.50. The second-order valence-electron chi connectivity index (χ2n) is 15.5. The van der Waals surface area contributed by atoms with Crippen molar-refractivity contribution in [2.75, 3.05) is 0 Å². The summed E-state index contributed by atoms with van der Waals surface area (Å²) in [4.78, 5) is 0. The van der Waals surface area contributed by atoms with Crippen molar-refractivity contribution in [3.05, 3.63) is 224 Å². The Balaban J connectivity index is 1.11. The molecule has 4 heteroatoms. The predicted octanol–water partition coefficient (Wildman–Crippen LogP) is 7.62. The zero-order valence-electron chi connectivity index (χ0n) is 31.7. The quantitative estimate of drug-likeness (QED) is 0.168. The van der Waals surface area contributed by atoms with Crippen molar-refractivity contribution in [2.24, 2.45) is 0 Å². The maximum Gasteiger partial charge on any atom is 0.188 e. The standard InChI is InChI=1S/C54H37NOSi2/c1-3-17-41(18-4-1)57(42-19-5-2-6-20-42)50-27-13-15-29-52(50)58(53-30-16-14-28-51(53)57)49-26-12-11-25-47(49)56-48-36-33-39(37-54(48)58)38-31-34-40(35-32-38)55-45-23-9-7-21-43(45)44-22-8-10-24-46(44)55/h1-37H. The van der Waals surface area contributed by atoms with Crippen LogP contribution >= 0.6 is 0 Å². The lowest BCUT2D eigenvalue weighted by Crippen LogP contribution is -2.93. The van der Waals surface area contributed by atoms with E-state index in [1.807, 2.05) is 0 Å². The average molecular weight is 772 g/mol. The van der Waals surface area contributed by atoms with E-state index in [0.29, 0.717) is 0 Å².